The minimum Gasteiger partial charge on any atom is -0.461 e. The Balaban J connectivity index is 2.13. The van der Waals surface area contributed by atoms with Crippen molar-refractivity contribution in [3.8, 4) is 22.3 Å². The quantitative estimate of drug-likeness (QED) is 0.305. The van der Waals surface area contributed by atoms with Crippen molar-refractivity contribution in [3.63, 3.8) is 0 Å². The standard InChI is InChI=1S/C22H19FN2O2S/c1-5-27-22(26)20-18(19(24-2)21(23)25(20)3)15-12-10-14(11-13-15)16-8-6-7-9-17(16)28-4/h6-13H,5H2,1,3-4H3. The first-order valence-electron chi connectivity index (χ1n) is 8.70. The molecule has 0 fully saturated rings. The van der Waals surface area contributed by atoms with E-state index < -0.39 is 11.9 Å². The summed E-state index contributed by atoms with van der Waals surface area (Å²) in [7, 11) is 1.42. The van der Waals surface area contributed by atoms with Gasteiger partial charge in [0.05, 0.1) is 13.2 Å². The van der Waals surface area contributed by atoms with Gasteiger partial charge in [0.25, 0.3) is 0 Å². The van der Waals surface area contributed by atoms with Gasteiger partial charge in [0.2, 0.25) is 11.6 Å². The van der Waals surface area contributed by atoms with Gasteiger partial charge in [0, 0.05) is 17.5 Å². The van der Waals surface area contributed by atoms with Crippen LogP contribution in [0.4, 0.5) is 10.1 Å². The van der Waals surface area contributed by atoms with Crippen molar-refractivity contribution < 1.29 is 13.9 Å². The Morgan fingerprint density at radius 3 is 2.43 bits per heavy atom. The number of aromatic nitrogens is 1. The van der Waals surface area contributed by atoms with Crippen molar-refractivity contribution in [1.82, 2.24) is 4.57 Å². The van der Waals surface area contributed by atoms with E-state index in [0.29, 0.717) is 5.56 Å². The molecular weight excluding hydrogens is 375 g/mol. The van der Waals surface area contributed by atoms with Gasteiger partial charge in [-0.15, -0.1) is 11.8 Å². The van der Waals surface area contributed by atoms with Crippen LogP contribution in [0.3, 0.4) is 0 Å². The Kier molecular flexibility index (Phi) is 5.86. The number of ether oxygens (including phenoxy) is 1. The summed E-state index contributed by atoms with van der Waals surface area (Å²) < 4.78 is 20.7. The van der Waals surface area contributed by atoms with E-state index in [9.17, 15) is 9.18 Å². The molecule has 0 spiro atoms. The Bertz CT molecular complexity index is 1070. The van der Waals surface area contributed by atoms with Crippen LogP contribution in [0.1, 0.15) is 17.4 Å². The van der Waals surface area contributed by atoms with Crippen molar-refractivity contribution in [1.29, 1.82) is 0 Å². The molecule has 4 nitrogen and oxygen atoms in total. The second kappa shape index (κ2) is 8.32. The van der Waals surface area contributed by atoms with Crippen LogP contribution < -0.4 is 0 Å². The molecule has 0 aliphatic heterocycles. The van der Waals surface area contributed by atoms with E-state index in [4.69, 9.17) is 11.3 Å². The highest BCUT2D eigenvalue weighted by Gasteiger charge is 2.28. The summed E-state index contributed by atoms with van der Waals surface area (Å²) in [6.45, 7) is 9.23. The molecule has 0 saturated heterocycles. The topological polar surface area (TPSA) is 35.6 Å². The predicted octanol–water partition coefficient (Wildman–Crippen LogP) is 5.95. The second-order valence-electron chi connectivity index (χ2n) is 6.03. The summed E-state index contributed by atoms with van der Waals surface area (Å²) in [5, 5.41) is 0. The van der Waals surface area contributed by atoms with Gasteiger partial charge in [-0.3, -0.25) is 0 Å². The lowest BCUT2D eigenvalue weighted by molar-refractivity contribution is 0.0514. The predicted molar refractivity (Wildman–Crippen MR) is 110 cm³/mol. The van der Waals surface area contributed by atoms with Crippen LogP contribution >= 0.6 is 11.8 Å². The highest BCUT2D eigenvalue weighted by atomic mass is 32.2. The monoisotopic (exact) mass is 394 g/mol. The number of carbonyl (C=O) groups is 1. The Hall–Kier alpha value is -3.04. The fraction of sp³-hybridized carbons (Fsp3) is 0.182. The van der Waals surface area contributed by atoms with Gasteiger partial charge in [0.15, 0.2) is 0 Å². The zero-order chi connectivity index (χ0) is 20.3. The molecule has 3 rings (SSSR count). The molecule has 0 amide bonds. The van der Waals surface area contributed by atoms with Crippen molar-refractivity contribution in [3.05, 3.63) is 71.6 Å². The number of thioether (sulfide) groups is 1. The van der Waals surface area contributed by atoms with E-state index in [1.165, 1.54) is 7.05 Å². The Morgan fingerprint density at radius 2 is 1.82 bits per heavy atom. The van der Waals surface area contributed by atoms with E-state index in [-0.39, 0.29) is 23.6 Å². The number of halogens is 1. The van der Waals surface area contributed by atoms with E-state index in [1.54, 1.807) is 30.8 Å². The average molecular weight is 394 g/mol. The largest absolute Gasteiger partial charge is 0.461 e. The molecule has 0 atom stereocenters. The van der Waals surface area contributed by atoms with Crippen LogP contribution in [-0.2, 0) is 11.8 Å². The SMILES string of the molecule is [C-]#[N+]c1c(-c2ccc(-c3ccccc3SC)cc2)c(C(=O)OCC)n(C)c1F. The van der Waals surface area contributed by atoms with Crippen LogP contribution in [0.25, 0.3) is 27.1 Å². The lowest BCUT2D eigenvalue weighted by Crippen LogP contribution is -2.11. The number of esters is 1. The maximum absolute atomic E-state index is 14.6. The number of rotatable bonds is 5. The highest BCUT2D eigenvalue weighted by Crippen LogP contribution is 2.39. The molecule has 3 aromatic rings. The summed E-state index contributed by atoms with van der Waals surface area (Å²) in [5.74, 6) is -1.39. The lowest BCUT2D eigenvalue weighted by Gasteiger charge is -2.10. The van der Waals surface area contributed by atoms with Gasteiger partial charge in [-0.2, -0.15) is 0 Å². The number of carbonyl (C=O) groups excluding carboxylic acids is 1. The smallest absolute Gasteiger partial charge is 0.354 e. The van der Waals surface area contributed by atoms with Crippen LogP contribution in [0.5, 0.6) is 0 Å². The number of benzene rings is 2. The van der Waals surface area contributed by atoms with E-state index in [0.717, 1.165) is 20.6 Å². The van der Waals surface area contributed by atoms with Gasteiger partial charge in [-0.05, 0) is 35.9 Å². The summed E-state index contributed by atoms with van der Waals surface area (Å²) >= 11 is 1.66. The molecular formula is C22H19FN2O2S. The molecule has 0 aliphatic rings. The van der Waals surface area contributed by atoms with Crippen LogP contribution in [-0.4, -0.2) is 23.4 Å². The minimum absolute atomic E-state index is 0.0441. The molecule has 28 heavy (non-hydrogen) atoms. The molecule has 2 aromatic carbocycles. The Morgan fingerprint density at radius 1 is 1.18 bits per heavy atom. The molecule has 142 valence electrons. The average Bonchev–Trinajstić information content (AvgIpc) is 2.98. The summed E-state index contributed by atoms with van der Waals surface area (Å²) in [5.41, 5.74) is 2.83. The molecule has 0 radical (unpaired) electrons. The zero-order valence-electron chi connectivity index (χ0n) is 15.8. The van der Waals surface area contributed by atoms with Crippen molar-refractivity contribution in [2.45, 2.75) is 11.8 Å². The summed E-state index contributed by atoms with van der Waals surface area (Å²) in [6, 6.07) is 15.5. The molecule has 0 aliphatic carbocycles. The van der Waals surface area contributed by atoms with Gasteiger partial charge >= 0.3 is 5.97 Å². The maximum Gasteiger partial charge on any atom is 0.354 e. The third-order valence-electron chi connectivity index (χ3n) is 4.47. The van der Waals surface area contributed by atoms with Gasteiger partial charge in [0.1, 0.15) is 5.69 Å². The highest BCUT2D eigenvalue weighted by molar-refractivity contribution is 7.98. The molecule has 0 N–H and O–H groups in total. The minimum atomic E-state index is -0.746. The fourth-order valence-electron chi connectivity index (χ4n) is 3.15. The summed E-state index contributed by atoms with van der Waals surface area (Å²) in [4.78, 5) is 16.9. The zero-order valence-corrected chi connectivity index (χ0v) is 16.6. The fourth-order valence-corrected chi connectivity index (χ4v) is 3.77. The first-order valence-corrected chi connectivity index (χ1v) is 9.92. The van der Waals surface area contributed by atoms with Crippen molar-refractivity contribution in [2.24, 2.45) is 7.05 Å². The normalized spacial score (nSPS) is 10.5. The molecule has 0 unspecified atom stereocenters. The summed E-state index contributed by atoms with van der Waals surface area (Å²) in [6.07, 6.45) is 2.02. The molecule has 0 bridgehead atoms. The third kappa shape index (κ3) is 3.41. The number of nitrogens with zero attached hydrogens (tertiary/aromatic N) is 2. The van der Waals surface area contributed by atoms with Crippen molar-refractivity contribution in [2.75, 3.05) is 12.9 Å². The first kappa shape index (κ1) is 19.7. The lowest BCUT2D eigenvalue weighted by atomic mass is 9.99. The number of hydrogen-bond donors (Lipinski definition) is 0. The van der Waals surface area contributed by atoms with E-state index in [1.807, 2.05) is 36.6 Å². The van der Waals surface area contributed by atoms with E-state index >= 15 is 0 Å². The molecule has 1 heterocycles. The maximum atomic E-state index is 14.6. The Labute approximate surface area is 167 Å². The molecule has 0 saturated carbocycles. The third-order valence-corrected chi connectivity index (χ3v) is 5.27. The second-order valence-corrected chi connectivity index (χ2v) is 6.88. The molecule has 1 aromatic heterocycles. The first-order chi connectivity index (χ1) is 13.5. The van der Waals surface area contributed by atoms with Crippen LogP contribution in [0, 0.1) is 12.5 Å². The van der Waals surface area contributed by atoms with Gasteiger partial charge < -0.3 is 9.30 Å². The van der Waals surface area contributed by atoms with E-state index in [2.05, 4.69) is 10.9 Å². The molecule has 6 heteroatoms. The van der Waals surface area contributed by atoms with Crippen LogP contribution in [0.15, 0.2) is 53.4 Å². The van der Waals surface area contributed by atoms with Crippen molar-refractivity contribution >= 4 is 23.4 Å². The van der Waals surface area contributed by atoms with Gasteiger partial charge in [-0.25, -0.2) is 14.0 Å². The van der Waals surface area contributed by atoms with Gasteiger partial charge in [-0.1, -0.05) is 42.5 Å². The number of hydrogen-bond acceptors (Lipinski definition) is 3. The van der Waals surface area contributed by atoms with Crippen LogP contribution in [0.2, 0.25) is 0 Å².